The summed E-state index contributed by atoms with van der Waals surface area (Å²) < 4.78 is 16.6. The number of hydrogen-bond acceptors (Lipinski definition) is 6. The number of rotatable bonds is 16. The molecule has 6 heteroatoms. The van der Waals surface area contributed by atoms with Crippen molar-refractivity contribution >= 4 is 0 Å². The van der Waals surface area contributed by atoms with Crippen molar-refractivity contribution in [2.24, 2.45) is 22.3 Å². The maximum Gasteiger partial charge on any atom is 0.0701 e. The maximum atomic E-state index is 5.83. The van der Waals surface area contributed by atoms with Crippen molar-refractivity contribution in [1.82, 2.24) is 5.32 Å². The van der Waals surface area contributed by atoms with Crippen LogP contribution in [0.15, 0.2) is 0 Å². The zero-order valence-electron chi connectivity index (χ0n) is 15.7. The molecular formula is C17H39N3O3. The average molecular weight is 334 g/mol. The molecule has 0 bridgehead atoms. The van der Waals surface area contributed by atoms with Crippen molar-refractivity contribution in [3.63, 3.8) is 0 Å². The molecule has 0 aliphatic carbocycles. The molecule has 23 heavy (non-hydrogen) atoms. The average Bonchev–Trinajstić information content (AvgIpc) is 2.48. The minimum atomic E-state index is 0.0503. The van der Waals surface area contributed by atoms with E-state index < -0.39 is 0 Å². The Balaban J connectivity index is 3.48. The van der Waals surface area contributed by atoms with Crippen LogP contribution in [0, 0.1) is 10.8 Å². The van der Waals surface area contributed by atoms with Gasteiger partial charge >= 0.3 is 0 Å². The standard InChI is InChI=1S/C17H39N3O3/c1-16(2,12-19)14-23-15-17(3,4)13-20-7-5-8-21-10-11-22-9-6-18/h20H,5-15,18-19H2,1-4H3. The van der Waals surface area contributed by atoms with Crippen LogP contribution in [0.2, 0.25) is 0 Å². The Morgan fingerprint density at radius 2 is 1.39 bits per heavy atom. The summed E-state index contributed by atoms with van der Waals surface area (Å²) in [5.74, 6) is 0. The number of nitrogens with one attached hydrogen (secondary N) is 1. The van der Waals surface area contributed by atoms with Crippen LogP contribution in [0.1, 0.15) is 34.1 Å². The molecule has 0 amide bonds. The minimum Gasteiger partial charge on any atom is -0.380 e. The van der Waals surface area contributed by atoms with Gasteiger partial charge in [-0.05, 0) is 19.5 Å². The molecule has 0 radical (unpaired) electrons. The van der Waals surface area contributed by atoms with Crippen LogP contribution in [-0.4, -0.2) is 65.8 Å². The predicted molar refractivity (Wildman–Crippen MR) is 95.6 cm³/mol. The Hall–Kier alpha value is -0.240. The lowest BCUT2D eigenvalue weighted by Gasteiger charge is -2.28. The fraction of sp³-hybridized carbons (Fsp3) is 1.00. The molecule has 0 aromatic rings. The molecule has 0 spiro atoms. The van der Waals surface area contributed by atoms with Crippen molar-refractivity contribution < 1.29 is 14.2 Å². The molecule has 0 atom stereocenters. The van der Waals surface area contributed by atoms with Gasteiger partial charge in [0.05, 0.1) is 33.0 Å². The Kier molecular flexibility index (Phi) is 13.0. The molecule has 0 unspecified atom stereocenters. The summed E-state index contributed by atoms with van der Waals surface area (Å²) in [5, 5.41) is 3.47. The molecule has 0 saturated carbocycles. The fourth-order valence-corrected chi connectivity index (χ4v) is 1.84. The highest BCUT2D eigenvalue weighted by molar-refractivity contribution is 4.73. The van der Waals surface area contributed by atoms with Gasteiger partial charge in [0.15, 0.2) is 0 Å². The Morgan fingerprint density at radius 1 is 0.783 bits per heavy atom. The number of nitrogens with two attached hydrogens (primary N) is 2. The molecule has 0 aliphatic rings. The zero-order chi connectivity index (χ0) is 17.6. The summed E-state index contributed by atoms with van der Waals surface area (Å²) in [6.45, 7) is 15.8. The second kappa shape index (κ2) is 13.1. The molecule has 0 fully saturated rings. The van der Waals surface area contributed by atoms with E-state index >= 15 is 0 Å². The van der Waals surface area contributed by atoms with Crippen LogP contribution in [-0.2, 0) is 14.2 Å². The Morgan fingerprint density at radius 3 is 2.00 bits per heavy atom. The molecule has 0 saturated heterocycles. The van der Waals surface area contributed by atoms with Crippen LogP contribution in [0.4, 0.5) is 0 Å². The van der Waals surface area contributed by atoms with Crippen LogP contribution in [0.5, 0.6) is 0 Å². The lowest BCUT2D eigenvalue weighted by atomic mass is 9.93. The molecule has 5 N–H and O–H groups in total. The van der Waals surface area contributed by atoms with Gasteiger partial charge in [-0.3, -0.25) is 0 Å². The number of hydrogen-bond donors (Lipinski definition) is 3. The number of ether oxygens (including phenoxy) is 3. The lowest BCUT2D eigenvalue weighted by molar-refractivity contribution is 0.0179. The predicted octanol–water partition coefficient (Wildman–Crippen LogP) is 0.986. The van der Waals surface area contributed by atoms with Gasteiger partial charge in [0.1, 0.15) is 0 Å². The summed E-state index contributed by atoms with van der Waals surface area (Å²) in [5.41, 5.74) is 11.2. The summed E-state index contributed by atoms with van der Waals surface area (Å²) in [7, 11) is 0. The summed E-state index contributed by atoms with van der Waals surface area (Å²) in [6, 6.07) is 0. The molecule has 0 heterocycles. The monoisotopic (exact) mass is 333 g/mol. The first-order chi connectivity index (χ1) is 10.8. The van der Waals surface area contributed by atoms with Gasteiger partial charge in [0.25, 0.3) is 0 Å². The first kappa shape index (κ1) is 22.8. The van der Waals surface area contributed by atoms with E-state index in [0.29, 0.717) is 39.5 Å². The molecule has 0 rings (SSSR count). The second-order valence-corrected chi connectivity index (χ2v) is 7.57. The van der Waals surface area contributed by atoms with Gasteiger partial charge in [-0.25, -0.2) is 0 Å². The first-order valence-electron chi connectivity index (χ1n) is 8.67. The van der Waals surface area contributed by atoms with Gasteiger partial charge in [-0.2, -0.15) is 0 Å². The zero-order valence-corrected chi connectivity index (χ0v) is 15.7. The van der Waals surface area contributed by atoms with E-state index in [1.165, 1.54) is 0 Å². The van der Waals surface area contributed by atoms with E-state index in [9.17, 15) is 0 Å². The third kappa shape index (κ3) is 15.1. The minimum absolute atomic E-state index is 0.0503. The van der Waals surface area contributed by atoms with E-state index in [-0.39, 0.29) is 10.8 Å². The maximum absolute atomic E-state index is 5.83. The summed E-state index contributed by atoms with van der Waals surface area (Å²) >= 11 is 0. The molecule has 0 aliphatic heterocycles. The van der Waals surface area contributed by atoms with Crippen molar-refractivity contribution in [3.05, 3.63) is 0 Å². The van der Waals surface area contributed by atoms with Gasteiger partial charge in [0.2, 0.25) is 0 Å². The summed E-state index contributed by atoms with van der Waals surface area (Å²) in [4.78, 5) is 0. The van der Waals surface area contributed by atoms with Gasteiger partial charge in [-0.15, -0.1) is 0 Å². The fourth-order valence-electron chi connectivity index (χ4n) is 1.84. The Bertz CT molecular complexity index is 274. The highest BCUT2D eigenvalue weighted by Crippen LogP contribution is 2.18. The highest BCUT2D eigenvalue weighted by atomic mass is 16.5. The van der Waals surface area contributed by atoms with Crippen LogP contribution >= 0.6 is 0 Å². The van der Waals surface area contributed by atoms with E-state index in [1.54, 1.807) is 0 Å². The largest absolute Gasteiger partial charge is 0.380 e. The van der Waals surface area contributed by atoms with E-state index in [0.717, 1.165) is 32.7 Å². The van der Waals surface area contributed by atoms with Crippen molar-refractivity contribution in [2.45, 2.75) is 34.1 Å². The third-order valence-electron chi connectivity index (χ3n) is 3.42. The third-order valence-corrected chi connectivity index (χ3v) is 3.42. The SMILES string of the molecule is CC(C)(CN)COCC(C)(C)CNCCCOCCOCCN. The van der Waals surface area contributed by atoms with Gasteiger partial charge < -0.3 is 31.0 Å². The highest BCUT2D eigenvalue weighted by Gasteiger charge is 2.21. The van der Waals surface area contributed by atoms with Crippen molar-refractivity contribution in [2.75, 3.05) is 65.8 Å². The normalized spacial score (nSPS) is 12.8. The van der Waals surface area contributed by atoms with Crippen LogP contribution < -0.4 is 16.8 Å². The van der Waals surface area contributed by atoms with Crippen LogP contribution in [0.25, 0.3) is 0 Å². The van der Waals surface area contributed by atoms with E-state index in [2.05, 4.69) is 33.0 Å². The van der Waals surface area contributed by atoms with Gasteiger partial charge in [0, 0.05) is 30.5 Å². The van der Waals surface area contributed by atoms with Crippen molar-refractivity contribution in [1.29, 1.82) is 0 Å². The van der Waals surface area contributed by atoms with Crippen LogP contribution in [0.3, 0.4) is 0 Å². The van der Waals surface area contributed by atoms with E-state index in [4.69, 9.17) is 25.7 Å². The quantitative estimate of drug-likeness (QED) is 0.365. The Labute approximate surface area is 142 Å². The molecule has 6 nitrogen and oxygen atoms in total. The topological polar surface area (TPSA) is 91.8 Å². The van der Waals surface area contributed by atoms with Gasteiger partial charge in [-0.1, -0.05) is 27.7 Å². The summed E-state index contributed by atoms with van der Waals surface area (Å²) in [6.07, 6.45) is 0.994. The van der Waals surface area contributed by atoms with Crippen molar-refractivity contribution in [3.8, 4) is 0 Å². The molecule has 0 aromatic heterocycles. The lowest BCUT2D eigenvalue weighted by Crippen LogP contribution is -2.36. The smallest absolute Gasteiger partial charge is 0.0701 e. The van der Waals surface area contributed by atoms with E-state index in [1.807, 2.05) is 0 Å². The molecule has 0 aromatic carbocycles. The molecular weight excluding hydrogens is 294 g/mol. The second-order valence-electron chi connectivity index (χ2n) is 7.57. The first-order valence-corrected chi connectivity index (χ1v) is 8.67. The molecule has 140 valence electrons.